The molecule has 1 aromatic carbocycles. The third-order valence-electron chi connectivity index (χ3n) is 5.51. The van der Waals surface area contributed by atoms with E-state index >= 15 is 0 Å². The number of sulfonamides is 1. The number of nitrogens with zero attached hydrogens (tertiary/aromatic N) is 4. The van der Waals surface area contributed by atoms with Crippen molar-refractivity contribution in [3.63, 3.8) is 0 Å². The van der Waals surface area contributed by atoms with Gasteiger partial charge in [0.1, 0.15) is 0 Å². The third-order valence-corrected chi connectivity index (χ3v) is 7.42. The SMILES string of the molecule is C=CCn1c(C)cc(C(=O)CN2CCN(S(=O)(=O)c3ccc(C#N)cc3)CC2)c1C. The summed E-state index contributed by atoms with van der Waals surface area (Å²) in [5.41, 5.74) is 3.08. The quantitative estimate of drug-likeness (QED) is 0.501. The van der Waals surface area contributed by atoms with Crippen molar-refractivity contribution in [2.45, 2.75) is 25.3 Å². The van der Waals surface area contributed by atoms with Gasteiger partial charge in [0.25, 0.3) is 0 Å². The lowest BCUT2D eigenvalue weighted by atomic mass is 10.1. The summed E-state index contributed by atoms with van der Waals surface area (Å²) in [6, 6.07) is 9.83. The van der Waals surface area contributed by atoms with E-state index < -0.39 is 10.0 Å². The number of Topliss-reactive ketones (excluding diaryl/α,β-unsaturated/α-hetero) is 1. The van der Waals surface area contributed by atoms with E-state index in [1.54, 1.807) is 0 Å². The Morgan fingerprint density at radius 1 is 1.17 bits per heavy atom. The topological polar surface area (TPSA) is 86.4 Å². The highest BCUT2D eigenvalue weighted by Gasteiger charge is 2.29. The monoisotopic (exact) mass is 426 g/mol. The zero-order valence-corrected chi connectivity index (χ0v) is 18.2. The number of hydrogen-bond donors (Lipinski definition) is 0. The maximum absolute atomic E-state index is 12.8. The highest BCUT2D eigenvalue weighted by atomic mass is 32.2. The minimum absolute atomic E-state index is 0.0433. The molecule has 1 aromatic heterocycles. The van der Waals surface area contributed by atoms with Crippen molar-refractivity contribution in [1.82, 2.24) is 13.8 Å². The summed E-state index contributed by atoms with van der Waals surface area (Å²) in [5.74, 6) is 0.0433. The number of allylic oxidation sites excluding steroid dienone is 1. The van der Waals surface area contributed by atoms with E-state index in [4.69, 9.17) is 5.26 Å². The first kappa shape index (κ1) is 22.0. The summed E-state index contributed by atoms with van der Waals surface area (Å²) >= 11 is 0. The van der Waals surface area contributed by atoms with Gasteiger partial charge >= 0.3 is 0 Å². The van der Waals surface area contributed by atoms with E-state index in [0.717, 1.165) is 11.4 Å². The Bertz CT molecular complexity index is 1090. The molecule has 0 bridgehead atoms. The van der Waals surface area contributed by atoms with Crippen LogP contribution in [-0.2, 0) is 16.6 Å². The zero-order chi connectivity index (χ0) is 21.9. The predicted octanol–water partition coefficient (Wildman–Crippen LogP) is 2.35. The maximum Gasteiger partial charge on any atom is 0.243 e. The predicted molar refractivity (Wildman–Crippen MR) is 115 cm³/mol. The van der Waals surface area contributed by atoms with Crippen LogP contribution in [0.5, 0.6) is 0 Å². The fraction of sp³-hybridized carbons (Fsp3) is 0.364. The molecule has 0 N–H and O–H groups in total. The van der Waals surface area contributed by atoms with Crippen molar-refractivity contribution in [3.05, 3.63) is 65.5 Å². The molecular formula is C22H26N4O3S. The molecule has 1 fully saturated rings. The van der Waals surface area contributed by atoms with Gasteiger partial charge < -0.3 is 4.57 Å². The Kier molecular flexibility index (Phi) is 6.56. The number of piperazine rings is 1. The van der Waals surface area contributed by atoms with Crippen LogP contribution in [0.15, 0.2) is 47.9 Å². The summed E-state index contributed by atoms with van der Waals surface area (Å²) in [6.07, 6.45) is 1.81. The van der Waals surface area contributed by atoms with Crippen molar-refractivity contribution in [2.24, 2.45) is 0 Å². The molecule has 0 spiro atoms. The Morgan fingerprint density at radius 3 is 2.37 bits per heavy atom. The van der Waals surface area contributed by atoms with Gasteiger partial charge in [0, 0.05) is 49.7 Å². The lowest BCUT2D eigenvalue weighted by Crippen LogP contribution is -2.49. The van der Waals surface area contributed by atoms with Crippen LogP contribution in [0.4, 0.5) is 0 Å². The second kappa shape index (κ2) is 8.96. The zero-order valence-electron chi connectivity index (χ0n) is 17.3. The number of nitriles is 1. The minimum atomic E-state index is -3.61. The molecule has 30 heavy (non-hydrogen) atoms. The summed E-state index contributed by atoms with van der Waals surface area (Å²) in [6.45, 7) is 10.2. The van der Waals surface area contributed by atoms with Crippen molar-refractivity contribution >= 4 is 15.8 Å². The number of carbonyl (C=O) groups is 1. The summed E-state index contributed by atoms with van der Waals surface area (Å²) in [7, 11) is -3.61. The molecule has 158 valence electrons. The minimum Gasteiger partial charge on any atom is -0.345 e. The number of aromatic nitrogens is 1. The van der Waals surface area contributed by atoms with Gasteiger partial charge in [0.05, 0.1) is 23.1 Å². The number of benzene rings is 1. The lowest BCUT2D eigenvalue weighted by Gasteiger charge is -2.33. The smallest absolute Gasteiger partial charge is 0.243 e. The van der Waals surface area contributed by atoms with E-state index in [2.05, 4.69) is 11.1 Å². The number of hydrogen-bond acceptors (Lipinski definition) is 5. The van der Waals surface area contributed by atoms with E-state index in [-0.39, 0.29) is 17.2 Å². The van der Waals surface area contributed by atoms with Gasteiger partial charge in [0.2, 0.25) is 10.0 Å². The molecule has 0 aliphatic carbocycles. The van der Waals surface area contributed by atoms with Crippen LogP contribution in [0.1, 0.15) is 27.3 Å². The summed E-state index contributed by atoms with van der Waals surface area (Å²) < 4.78 is 29.2. The highest BCUT2D eigenvalue weighted by molar-refractivity contribution is 7.89. The van der Waals surface area contributed by atoms with Crippen molar-refractivity contribution < 1.29 is 13.2 Å². The standard InChI is InChI=1S/C22H26N4O3S/c1-4-9-26-17(2)14-21(18(26)3)22(27)16-24-10-12-25(13-11-24)30(28,29)20-7-5-19(15-23)6-8-20/h4-8,14H,1,9-13,16H2,2-3H3. The van der Waals surface area contributed by atoms with Crippen LogP contribution in [-0.4, -0.2) is 60.7 Å². The number of carbonyl (C=O) groups excluding carboxylic acids is 1. The molecule has 8 heteroatoms. The fourth-order valence-corrected chi connectivity index (χ4v) is 5.18. The molecule has 1 saturated heterocycles. The first-order valence-corrected chi connectivity index (χ1v) is 11.3. The van der Waals surface area contributed by atoms with Crippen molar-refractivity contribution in [1.29, 1.82) is 5.26 Å². The van der Waals surface area contributed by atoms with Crippen LogP contribution in [0.3, 0.4) is 0 Å². The molecule has 0 radical (unpaired) electrons. The van der Waals surface area contributed by atoms with Crippen LogP contribution < -0.4 is 0 Å². The van der Waals surface area contributed by atoms with E-state index in [9.17, 15) is 13.2 Å². The van der Waals surface area contributed by atoms with Gasteiger partial charge in [-0.25, -0.2) is 8.42 Å². The summed E-state index contributed by atoms with van der Waals surface area (Å²) in [4.78, 5) is 15.0. The molecule has 0 amide bonds. The lowest BCUT2D eigenvalue weighted by molar-refractivity contribution is 0.0901. The molecule has 2 heterocycles. The van der Waals surface area contributed by atoms with Gasteiger partial charge in [-0.15, -0.1) is 6.58 Å². The summed E-state index contributed by atoms with van der Waals surface area (Å²) in [5, 5.41) is 8.88. The molecule has 1 aliphatic heterocycles. The molecule has 0 saturated carbocycles. The first-order chi connectivity index (χ1) is 14.3. The molecule has 2 aromatic rings. The molecule has 1 aliphatic rings. The van der Waals surface area contributed by atoms with Crippen LogP contribution in [0, 0.1) is 25.2 Å². The van der Waals surface area contributed by atoms with E-state index in [1.165, 1.54) is 28.6 Å². The second-order valence-corrected chi connectivity index (χ2v) is 9.36. The van der Waals surface area contributed by atoms with Crippen LogP contribution in [0.2, 0.25) is 0 Å². The number of rotatable bonds is 7. The molecule has 3 rings (SSSR count). The maximum atomic E-state index is 12.8. The molecule has 7 nitrogen and oxygen atoms in total. The Hall–Kier alpha value is -2.73. The number of ketones is 1. The highest BCUT2D eigenvalue weighted by Crippen LogP contribution is 2.20. The van der Waals surface area contributed by atoms with Gasteiger partial charge in [-0.3, -0.25) is 9.69 Å². The molecule has 0 atom stereocenters. The molecule has 0 unspecified atom stereocenters. The Labute approximate surface area is 177 Å². The van der Waals surface area contributed by atoms with E-state index in [1.807, 2.05) is 37.0 Å². The van der Waals surface area contributed by atoms with Gasteiger partial charge in [-0.1, -0.05) is 6.08 Å². The van der Waals surface area contributed by atoms with Crippen molar-refractivity contribution in [3.8, 4) is 6.07 Å². The van der Waals surface area contributed by atoms with Gasteiger partial charge in [-0.05, 0) is 44.2 Å². The van der Waals surface area contributed by atoms with Crippen LogP contribution in [0.25, 0.3) is 0 Å². The van der Waals surface area contributed by atoms with Crippen molar-refractivity contribution in [2.75, 3.05) is 32.7 Å². The normalized spacial score (nSPS) is 15.6. The van der Waals surface area contributed by atoms with Crippen LogP contribution >= 0.6 is 0 Å². The van der Waals surface area contributed by atoms with Gasteiger partial charge in [0.15, 0.2) is 5.78 Å². The largest absolute Gasteiger partial charge is 0.345 e. The third kappa shape index (κ3) is 4.38. The average Bonchev–Trinajstić information content (AvgIpc) is 3.03. The second-order valence-electron chi connectivity index (χ2n) is 7.42. The van der Waals surface area contributed by atoms with Gasteiger partial charge in [-0.2, -0.15) is 9.57 Å². The Balaban J connectivity index is 1.63. The molecular weight excluding hydrogens is 400 g/mol. The Morgan fingerprint density at radius 2 is 1.80 bits per heavy atom. The first-order valence-electron chi connectivity index (χ1n) is 9.81. The number of aryl methyl sites for hydroxylation is 1. The fourth-order valence-electron chi connectivity index (χ4n) is 3.76. The van der Waals surface area contributed by atoms with E-state index in [0.29, 0.717) is 43.9 Å². The average molecular weight is 427 g/mol.